The van der Waals surface area contributed by atoms with Crippen LogP contribution in [-0.4, -0.2) is 108 Å². The third kappa shape index (κ3) is 4.85. The molecule has 3 heterocycles. The molecule has 0 radical (unpaired) electrons. The quantitative estimate of drug-likeness (QED) is 0.577. The van der Waals surface area contributed by atoms with Crippen LogP contribution in [0.2, 0.25) is 0 Å². The molecule has 2 fully saturated rings. The molecule has 0 aliphatic carbocycles. The molecule has 186 valence electrons. The van der Waals surface area contributed by atoms with Crippen LogP contribution in [0, 0.1) is 11.8 Å². The van der Waals surface area contributed by atoms with Crippen LogP contribution in [0.15, 0.2) is 42.5 Å². The number of likely N-dealkylation sites (tertiary alicyclic amines) is 1. The number of aromatic amines is 1. The van der Waals surface area contributed by atoms with Crippen LogP contribution in [0.4, 0.5) is 0 Å². The van der Waals surface area contributed by atoms with Crippen LogP contribution >= 0.6 is 0 Å². The van der Waals surface area contributed by atoms with Gasteiger partial charge in [0.05, 0.1) is 11.1 Å². The Bertz CT molecular complexity index is 1340. The van der Waals surface area contributed by atoms with E-state index in [1.54, 1.807) is 0 Å². The molecule has 1 aromatic heterocycles. The second-order valence-corrected chi connectivity index (χ2v) is 9.88. The molecule has 2 saturated heterocycles. The summed E-state index contributed by atoms with van der Waals surface area (Å²) in [5.41, 5.74) is 3.32. The maximum Gasteiger partial charge on any atom is 0.255 e. The van der Waals surface area contributed by atoms with E-state index >= 15 is 0 Å². The molecule has 2 aromatic carbocycles. The molecule has 36 heavy (non-hydrogen) atoms. The minimum atomic E-state index is 0.0111. The van der Waals surface area contributed by atoms with Gasteiger partial charge in [-0.2, -0.15) is 5.10 Å². The van der Waals surface area contributed by atoms with Gasteiger partial charge in [0.25, 0.3) is 11.8 Å². The monoisotopic (exact) mass is 484 g/mol. The van der Waals surface area contributed by atoms with Gasteiger partial charge in [0.2, 0.25) is 0 Å². The van der Waals surface area contributed by atoms with E-state index in [1.807, 2.05) is 52.3 Å². The second-order valence-electron chi connectivity index (χ2n) is 9.88. The summed E-state index contributed by atoms with van der Waals surface area (Å²) in [6.07, 6.45) is 0.982. The molecule has 0 saturated carbocycles. The zero-order valence-corrected chi connectivity index (χ0v) is 21.1. The fourth-order valence-electron chi connectivity index (χ4n) is 4.86. The van der Waals surface area contributed by atoms with Gasteiger partial charge < -0.3 is 19.6 Å². The molecule has 1 N–H and O–H groups in total. The number of H-pyrrole nitrogens is 1. The number of fused-ring (bicyclic) bond motifs is 1. The Hall–Kier alpha value is -3.67. The molecule has 5 rings (SSSR count). The fourth-order valence-corrected chi connectivity index (χ4v) is 4.86. The lowest BCUT2D eigenvalue weighted by Gasteiger charge is -2.32. The molecule has 2 aliphatic rings. The number of rotatable bonds is 3. The van der Waals surface area contributed by atoms with Crippen molar-refractivity contribution in [2.75, 3.05) is 60.4 Å². The number of hydrogen-bond donors (Lipinski definition) is 1. The molecule has 1 atom stereocenters. The molecule has 8 heteroatoms. The van der Waals surface area contributed by atoms with E-state index in [-0.39, 0.29) is 11.8 Å². The highest BCUT2D eigenvalue weighted by Crippen LogP contribution is 2.21. The molecular weight excluding hydrogens is 452 g/mol. The maximum atomic E-state index is 13.2. The molecule has 1 unspecified atom stereocenters. The number of nitrogens with one attached hydrogen (secondary N) is 1. The first-order chi connectivity index (χ1) is 17.4. The Morgan fingerprint density at radius 2 is 1.75 bits per heavy atom. The third-order valence-corrected chi connectivity index (χ3v) is 7.25. The van der Waals surface area contributed by atoms with E-state index in [0.29, 0.717) is 41.5 Å². The molecule has 0 spiro atoms. The normalized spacial score (nSPS) is 18.5. The number of nitrogens with zero attached hydrogens (tertiary/aromatic N) is 5. The summed E-state index contributed by atoms with van der Waals surface area (Å²) < 4.78 is 0. The van der Waals surface area contributed by atoms with Crippen LogP contribution < -0.4 is 0 Å². The van der Waals surface area contributed by atoms with Crippen LogP contribution in [-0.2, 0) is 0 Å². The number of amides is 2. The number of piperazine rings is 1. The highest BCUT2D eigenvalue weighted by Gasteiger charge is 2.28. The Kier molecular flexibility index (Phi) is 6.77. The van der Waals surface area contributed by atoms with Gasteiger partial charge in [0.1, 0.15) is 5.69 Å². The lowest BCUT2D eigenvalue weighted by molar-refractivity contribution is 0.0663. The van der Waals surface area contributed by atoms with Gasteiger partial charge in [-0.1, -0.05) is 18.1 Å². The molecule has 2 amide bonds. The lowest BCUT2D eigenvalue weighted by Crippen LogP contribution is -2.47. The van der Waals surface area contributed by atoms with Crippen molar-refractivity contribution in [1.29, 1.82) is 0 Å². The SMILES string of the molecule is CN1CCN(C(=O)c2ccccc2C#Cc2[nH]nc3ccc(C(=O)N4CCC(N(C)C)C4)cc23)CC1. The van der Waals surface area contributed by atoms with E-state index in [0.717, 1.165) is 43.5 Å². The number of carbonyl (C=O) groups excluding carboxylic acids is 2. The molecule has 3 aromatic rings. The number of aromatic nitrogens is 2. The summed E-state index contributed by atoms with van der Waals surface area (Å²) in [6.45, 7) is 4.66. The average Bonchev–Trinajstić information content (AvgIpc) is 3.55. The largest absolute Gasteiger partial charge is 0.337 e. The summed E-state index contributed by atoms with van der Waals surface area (Å²) in [4.78, 5) is 34.5. The van der Waals surface area contributed by atoms with Gasteiger partial charge in [0.15, 0.2) is 0 Å². The van der Waals surface area contributed by atoms with E-state index in [2.05, 4.69) is 53.0 Å². The van der Waals surface area contributed by atoms with Crippen LogP contribution in [0.25, 0.3) is 10.9 Å². The lowest BCUT2D eigenvalue weighted by atomic mass is 10.1. The molecular formula is C28H32N6O2. The van der Waals surface area contributed by atoms with Crippen molar-refractivity contribution in [3.8, 4) is 11.8 Å². The van der Waals surface area contributed by atoms with E-state index in [4.69, 9.17) is 0 Å². The topological polar surface area (TPSA) is 75.8 Å². The first-order valence-corrected chi connectivity index (χ1v) is 12.4. The van der Waals surface area contributed by atoms with Gasteiger partial charge in [-0.05, 0) is 63.8 Å². The van der Waals surface area contributed by atoms with Gasteiger partial charge >= 0.3 is 0 Å². The minimum absolute atomic E-state index is 0.0111. The van der Waals surface area contributed by atoms with Crippen molar-refractivity contribution in [2.24, 2.45) is 0 Å². The van der Waals surface area contributed by atoms with E-state index in [1.165, 1.54) is 0 Å². The predicted molar refractivity (Wildman–Crippen MR) is 140 cm³/mol. The summed E-state index contributed by atoms with van der Waals surface area (Å²) in [5, 5.41) is 8.17. The Labute approximate surface area is 211 Å². The average molecular weight is 485 g/mol. The summed E-state index contributed by atoms with van der Waals surface area (Å²) in [6, 6.07) is 13.4. The maximum absolute atomic E-state index is 13.2. The third-order valence-electron chi connectivity index (χ3n) is 7.25. The highest BCUT2D eigenvalue weighted by atomic mass is 16.2. The summed E-state index contributed by atoms with van der Waals surface area (Å²) in [5.74, 6) is 6.39. The van der Waals surface area contributed by atoms with Crippen molar-refractivity contribution < 1.29 is 9.59 Å². The zero-order chi connectivity index (χ0) is 25.2. The van der Waals surface area contributed by atoms with Gasteiger partial charge in [-0.3, -0.25) is 14.7 Å². The molecule has 2 aliphatic heterocycles. The van der Waals surface area contributed by atoms with Crippen molar-refractivity contribution in [1.82, 2.24) is 29.8 Å². The smallest absolute Gasteiger partial charge is 0.255 e. The van der Waals surface area contributed by atoms with Gasteiger partial charge in [-0.25, -0.2) is 0 Å². The number of carbonyl (C=O) groups is 2. The molecule has 8 nitrogen and oxygen atoms in total. The number of benzene rings is 2. The van der Waals surface area contributed by atoms with Crippen LogP contribution in [0.5, 0.6) is 0 Å². The zero-order valence-electron chi connectivity index (χ0n) is 21.1. The van der Waals surface area contributed by atoms with E-state index < -0.39 is 0 Å². The first kappa shape index (κ1) is 24.0. The van der Waals surface area contributed by atoms with E-state index in [9.17, 15) is 9.59 Å². The number of likely N-dealkylation sites (N-methyl/N-ethyl adjacent to an activating group) is 2. The minimum Gasteiger partial charge on any atom is -0.337 e. The summed E-state index contributed by atoms with van der Waals surface area (Å²) in [7, 11) is 6.18. The predicted octanol–water partition coefficient (Wildman–Crippen LogP) is 2.13. The van der Waals surface area contributed by atoms with Crippen molar-refractivity contribution in [2.45, 2.75) is 12.5 Å². The standard InChI is InChI=1S/C28H32N6O2/c1-31(2)22-12-13-34(19-22)27(35)21-9-11-26-24(18-21)25(29-30-26)10-8-20-6-4-5-7-23(20)28(36)33-16-14-32(3)15-17-33/h4-7,9,11,18,22H,12-17,19H2,1-3H3,(H,29,30). The van der Waals surface area contributed by atoms with Crippen LogP contribution in [0.3, 0.4) is 0 Å². The van der Waals surface area contributed by atoms with Crippen molar-refractivity contribution in [3.05, 3.63) is 64.8 Å². The second kappa shape index (κ2) is 10.1. The fraction of sp³-hybridized carbons (Fsp3) is 0.393. The summed E-state index contributed by atoms with van der Waals surface area (Å²) >= 11 is 0. The van der Waals surface area contributed by atoms with Crippen LogP contribution in [0.1, 0.15) is 38.4 Å². The Balaban J connectivity index is 1.39. The van der Waals surface area contributed by atoms with Crippen molar-refractivity contribution in [3.63, 3.8) is 0 Å². The van der Waals surface area contributed by atoms with Crippen molar-refractivity contribution >= 4 is 22.7 Å². The highest BCUT2D eigenvalue weighted by molar-refractivity contribution is 5.99. The Morgan fingerprint density at radius 3 is 2.50 bits per heavy atom. The first-order valence-electron chi connectivity index (χ1n) is 12.4. The van der Waals surface area contributed by atoms with Gasteiger partial charge in [0, 0.05) is 61.8 Å². The molecule has 0 bridgehead atoms. The Morgan fingerprint density at radius 1 is 0.972 bits per heavy atom. The van der Waals surface area contributed by atoms with Gasteiger partial charge in [-0.15, -0.1) is 0 Å². The number of hydrogen-bond acceptors (Lipinski definition) is 5.